The van der Waals surface area contributed by atoms with E-state index in [4.69, 9.17) is 4.74 Å². The van der Waals surface area contributed by atoms with Crippen molar-refractivity contribution in [1.29, 1.82) is 0 Å². The summed E-state index contributed by atoms with van der Waals surface area (Å²) >= 11 is 1.37. The Labute approximate surface area is 136 Å². The number of thioether (sulfide) groups is 1. The number of methoxy groups -OCH3 is 1. The molecule has 22 heavy (non-hydrogen) atoms. The minimum atomic E-state index is -0.370. The summed E-state index contributed by atoms with van der Waals surface area (Å²) in [5, 5.41) is 3.01. The summed E-state index contributed by atoms with van der Waals surface area (Å²) in [6.45, 7) is 0.776. The molecule has 1 aliphatic rings. The van der Waals surface area contributed by atoms with Gasteiger partial charge in [-0.15, -0.1) is 11.8 Å². The molecule has 1 amide bonds. The molecule has 2 rings (SSSR count). The van der Waals surface area contributed by atoms with Crippen molar-refractivity contribution < 1.29 is 14.3 Å². The highest BCUT2D eigenvalue weighted by atomic mass is 32.2. The third kappa shape index (κ3) is 5.05. The van der Waals surface area contributed by atoms with Gasteiger partial charge in [-0.1, -0.05) is 31.4 Å². The molecule has 0 unspecified atom stereocenters. The maximum Gasteiger partial charge on any atom is 0.338 e. The van der Waals surface area contributed by atoms with Gasteiger partial charge in [0.1, 0.15) is 0 Å². The van der Waals surface area contributed by atoms with Crippen molar-refractivity contribution in [3.05, 3.63) is 29.8 Å². The summed E-state index contributed by atoms with van der Waals surface area (Å²) < 4.78 is 4.76. The van der Waals surface area contributed by atoms with Crippen LogP contribution in [-0.4, -0.2) is 31.3 Å². The summed E-state index contributed by atoms with van der Waals surface area (Å²) in [6.07, 6.45) is 6.32. The lowest BCUT2D eigenvalue weighted by Gasteiger charge is -2.21. The van der Waals surface area contributed by atoms with Crippen molar-refractivity contribution in [1.82, 2.24) is 5.32 Å². The Morgan fingerprint density at radius 1 is 1.23 bits per heavy atom. The fourth-order valence-electron chi connectivity index (χ4n) is 2.71. The van der Waals surface area contributed by atoms with Crippen molar-refractivity contribution in [3.8, 4) is 0 Å². The van der Waals surface area contributed by atoms with Gasteiger partial charge >= 0.3 is 5.97 Å². The lowest BCUT2D eigenvalue weighted by molar-refractivity contribution is -0.118. The summed E-state index contributed by atoms with van der Waals surface area (Å²) in [4.78, 5) is 24.4. The highest BCUT2D eigenvalue weighted by molar-refractivity contribution is 8.00. The molecule has 1 N–H and O–H groups in total. The topological polar surface area (TPSA) is 55.4 Å². The van der Waals surface area contributed by atoms with E-state index in [1.807, 2.05) is 12.1 Å². The average Bonchev–Trinajstić information content (AvgIpc) is 2.58. The van der Waals surface area contributed by atoms with Gasteiger partial charge < -0.3 is 10.1 Å². The molecule has 0 aliphatic heterocycles. The predicted molar refractivity (Wildman–Crippen MR) is 88.1 cm³/mol. The van der Waals surface area contributed by atoms with E-state index in [-0.39, 0.29) is 11.9 Å². The number of rotatable bonds is 6. The molecule has 0 bridgehead atoms. The van der Waals surface area contributed by atoms with Crippen LogP contribution in [0.2, 0.25) is 0 Å². The SMILES string of the molecule is COC(=O)c1ccccc1SCC(=O)NCC1CCCCC1. The van der Waals surface area contributed by atoms with Crippen LogP contribution in [-0.2, 0) is 9.53 Å². The van der Waals surface area contributed by atoms with E-state index < -0.39 is 0 Å². The summed E-state index contributed by atoms with van der Waals surface area (Å²) in [5.74, 6) is 0.604. The molecule has 0 atom stereocenters. The molecule has 5 heteroatoms. The molecular weight excluding hydrogens is 298 g/mol. The monoisotopic (exact) mass is 321 g/mol. The third-order valence-corrected chi connectivity index (χ3v) is 5.04. The van der Waals surface area contributed by atoms with Crippen LogP contribution in [0, 0.1) is 5.92 Å². The highest BCUT2D eigenvalue weighted by Gasteiger charge is 2.15. The highest BCUT2D eigenvalue weighted by Crippen LogP contribution is 2.24. The number of nitrogens with one attached hydrogen (secondary N) is 1. The van der Waals surface area contributed by atoms with Crippen LogP contribution in [0.4, 0.5) is 0 Å². The fourth-order valence-corrected chi connectivity index (χ4v) is 3.59. The molecule has 1 saturated carbocycles. The molecule has 1 aromatic rings. The van der Waals surface area contributed by atoms with Gasteiger partial charge in [0.05, 0.1) is 18.4 Å². The second kappa shape index (κ2) is 8.83. The third-order valence-electron chi connectivity index (χ3n) is 3.96. The van der Waals surface area contributed by atoms with Crippen LogP contribution >= 0.6 is 11.8 Å². The first-order chi connectivity index (χ1) is 10.7. The first-order valence-electron chi connectivity index (χ1n) is 7.77. The van der Waals surface area contributed by atoms with Crippen LogP contribution in [0.3, 0.4) is 0 Å². The number of ether oxygens (including phenoxy) is 1. The van der Waals surface area contributed by atoms with Crippen LogP contribution in [0.25, 0.3) is 0 Å². The maximum atomic E-state index is 12.0. The van der Waals surface area contributed by atoms with Crippen LogP contribution in [0.15, 0.2) is 29.2 Å². The molecule has 1 aliphatic carbocycles. The molecule has 1 aromatic carbocycles. The number of hydrogen-bond acceptors (Lipinski definition) is 4. The first-order valence-corrected chi connectivity index (χ1v) is 8.76. The Hall–Kier alpha value is -1.49. The van der Waals surface area contributed by atoms with Crippen molar-refractivity contribution in [2.75, 3.05) is 19.4 Å². The van der Waals surface area contributed by atoms with Gasteiger partial charge in [-0.05, 0) is 30.9 Å². The van der Waals surface area contributed by atoms with Gasteiger partial charge in [-0.25, -0.2) is 4.79 Å². The number of esters is 1. The van der Waals surface area contributed by atoms with Crippen molar-refractivity contribution in [2.24, 2.45) is 5.92 Å². The molecule has 1 fully saturated rings. The standard InChI is InChI=1S/C17H23NO3S/c1-21-17(20)14-9-5-6-10-15(14)22-12-16(19)18-11-13-7-3-2-4-8-13/h5-6,9-10,13H,2-4,7-8,11-12H2,1H3,(H,18,19). The smallest absolute Gasteiger partial charge is 0.338 e. The van der Waals surface area contributed by atoms with Crippen LogP contribution in [0.5, 0.6) is 0 Å². The Morgan fingerprint density at radius 2 is 1.95 bits per heavy atom. The molecule has 120 valence electrons. The molecule has 0 spiro atoms. The van der Waals surface area contributed by atoms with E-state index in [9.17, 15) is 9.59 Å². The van der Waals surface area contributed by atoms with Gasteiger partial charge in [0.15, 0.2) is 0 Å². The van der Waals surface area contributed by atoms with E-state index >= 15 is 0 Å². The Balaban J connectivity index is 1.79. The minimum absolute atomic E-state index is 0.0234. The zero-order valence-corrected chi connectivity index (χ0v) is 13.8. The Bertz CT molecular complexity index is 512. The number of benzene rings is 1. The molecule has 0 radical (unpaired) electrons. The average molecular weight is 321 g/mol. The van der Waals surface area contributed by atoms with Gasteiger partial charge in [0, 0.05) is 11.4 Å². The zero-order valence-electron chi connectivity index (χ0n) is 13.0. The Morgan fingerprint density at radius 3 is 2.68 bits per heavy atom. The molecule has 0 heterocycles. The first kappa shape index (κ1) is 16.9. The lowest BCUT2D eigenvalue weighted by Crippen LogP contribution is -2.31. The second-order valence-electron chi connectivity index (χ2n) is 5.58. The molecular formula is C17H23NO3S. The summed E-state index contributed by atoms with van der Waals surface area (Å²) in [5.41, 5.74) is 0.509. The predicted octanol–water partition coefficient (Wildman–Crippen LogP) is 3.26. The lowest BCUT2D eigenvalue weighted by atomic mass is 9.89. The summed E-state index contributed by atoms with van der Waals surface area (Å²) in [6, 6.07) is 7.20. The quantitative estimate of drug-likeness (QED) is 0.645. The minimum Gasteiger partial charge on any atom is -0.465 e. The fraction of sp³-hybridized carbons (Fsp3) is 0.529. The number of amides is 1. The number of carbonyl (C=O) groups is 2. The summed E-state index contributed by atoms with van der Waals surface area (Å²) in [7, 11) is 1.36. The van der Waals surface area contributed by atoms with E-state index in [2.05, 4.69) is 5.32 Å². The van der Waals surface area contributed by atoms with E-state index in [1.54, 1.807) is 12.1 Å². The molecule has 0 saturated heterocycles. The van der Waals surface area contributed by atoms with E-state index in [1.165, 1.54) is 51.0 Å². The van der Waals surface area contributed by atoms with E-state index in [0.717, 1.165) is 11.4 Å². The zero-order chi connectivity index (χ0) is 15.8. The number of carbonyl (C=O) groups excluding carboxylic acids is 2. The van der Waals surface area contributed by atoms with Crippen LogP contribution in [0.1, 0.15) is 42.5 Å². The second-order valence-corrected chi connectivity index (χ2v) is 6.60. The molecule has 4 nitrogen and oxygen atoms in total. The molecule has 0 aromatic heterocycles. The van der Waals surface area contributed by atoms with Gasteiger partial charge in [-0.2, -0.15) is 0 Å². The van der Waals surface area contributed by atoms with E-state index in [0.29, 0.717) is 17.2 Å². The largest absolute Gasteiger partial charge is 0.465 e. The van der Waals surface area contributed by atoms with Gasteiger partial charge in [0.25, 0.3) is 0 Å². The van der Waals surface area contributed by atoms with Gasteiger partial charge in [-0.3, -0.25) is 4.79 Å². The van der Waals surface area contributed by atoms with Gasteiger partial charge in [0.2, 0.25) is 5.91 Å². The van der Waals surface area contributed by atoms with Crippen molar-refractivity contribution in [2.45, 2.75) is 37.0 Å². The normalized spacial score (nSPS) is 15.3. The maximum absolute atomic E-state index is 12.0. The Kier molecular flexibility index (Phi) is 6.77. The number of hydrogen-bond donors (Lipinski definition) is 1. The van der Waals surface area contributed by atoms with Crippen molar-refractivity contribution in [3.63, 3.8) is 0 Å². The van der Waals surface area contributed by atoms with Crippen molar-refractivity contribution >= 4 is 23.6 Å². The van der Waals surface area contributed by atoms with Crippen LogP contribution < -0.4 is 5.32 Å².